The molecule has 2 aliphatic rings. The maximum Gasteiger partial charge on any atom is 0.315 e. The van der Waals surface area contributed by atoms with E-state index in [2.05, 4.69) is 10.6 Å². The van der Waals surface area contributed by atoms with Crippen molar-refractivity contribution in [2.75, 3.05) is 13.2 Å². The van der Waals surface area contributed by atoms with Gasteiger partial charge in [0.1, 0.15) is 0 Å². The molecule has 2 amide bonds. The predicted octanol–water partition coefficient (Wildman–Crippen LogP) is 2.81. The summed E-state index contributed by atoms with van der Waals surface area (Å²) in [4.78, 5) is 11.8. The Labute approximate surface area is 122 Å². The fourth-order valence-corrected chi connectivity index (χ4v) is 3.62. The van der Waals surface area contributed by atoms with Crippen LogP contribution in [0.1, 0.15) is 64.2 Å². The highest BCUT2D eigenvalue weighted by Gasteiger charge is 2.21. The van der Waals surface area contributed by atoms with Crippen molar-refractivity contribution in [3.05, 3.63) is 0 Å². The SMILES string of the molecule is O=C(NCCCC1CCCC1)NC1CCC(CO)CC1. The molecule has 2 aliphatic carbocycles. The number of hydrogen-bond donors (Lipinski definition) is 3. The highest BCUT2D eigenvalue weighted by Crippen LogP contribution is 2.28. The summed E-state index contributed by atoms with van der Waals surface area (Å²) in [6.45, 7) is 1.09. The summed E-state index contributed by atoms with van der Waals surface area (Å²) in [7, 11) is 0. The Hall–Kier alpha value is -0.770. The van der Waals surface area contributed by atoms with E-state index < -0.39 is 0 Å². The van der Waals surface area contributed by atoms with Crippen molar-refractivity contribution >= 4 is 6.03 Å². The molecular formula is C16H30N2O2. The van der Waals surface area contributed by atoms with Crippen LogP contribution in [0.2, 0.25) is 0 Å². The molecule has 0 aromatic carbocycles. The lowest BCUT2D eigenvalue weighted by Gasteiger charge is -2.28. The topological polar surface area (TPSA) is 61.4 Å². The third kappa shape index (κ3) is 5.31. The molecule has 0 radical (unpaired) electrons. The second-order valence-electron chi connectivity index (χ2n) is 6.59. The quantitative estimate of drug-likeness (QED) is 0.656. The molecule has 4 heteroatoms. The summed E-state index contributed by atoms with van der Waals surface area (Å²) < 4.78 is 0. The number of aliphatic hydroxyl groups excluding tert-OH is 1. The van der Waals surface area contributed by atoms with E-state index in [0.717, 1.165) is 44.6 Å². The van der Waals surface area contributed by atoms with Crippen LogP contribution in [-0.4, -0.2) is 30.3 Å². The van der Waals surface area contributed by atoms with Gasteiger partial charge in [-0.2, -0.15) is 0 Å². The minimum atomic E-state index is -0.0103. The molecule has 0 aromatic rings. The van der Waals surface area contributed by atoms with E-state index in [0.29, 0.717) is 18.6 Å². The van der Waals surface area contributed by atoms with E-state index in [-0.39, 0.29) is 6.03 Å². The number of rotatable bonds is 6. The second kappa shape index (κ2) is 8.50. The third-order valence-corrected chi connectivity index (χ3v) is 4.99. The highest BCUT2D eigenvalue weighted by molar-refractivity contribution is 5.74. The normalized spacial score (nSPS) is 27.4. The number of amides is 2. The number of carbonyl (C=O) groups is 1. The molecule has 0 aromatic heterocycles. The average Bonchev–Trinajstić information content (AvgIpc) is 2.98. The molecule has 2 rings (SSSR count). The number of hydrogen-bond acceptors (Lipinski definition) is 2. The van der Waals surface area contributed by atoms with Crippen LogP contribution < -0.4 is 10.6 Å². The predicted molar refractivity (Wildman–Crippen MR) is 80.6 cm³/mol. The molecule has 4 nitrogen and oxygen atoms in total. The van der Waals surface area contributed by atoms with Crippen LogP contribution in [0.25, 0.3) is 0 Å². The number of aliphatic hydroxyl groups is 1. The lowest BCUT2D eigenvalue weighted by Crippen LogP contribution is -2.44. The Bertz CT molecular complexity index is 282. The van der Waals surface area contributed by atoms with E-state index in [9.17, 15) is 4.79 Å². The number of carbonyl (C=O) groups excluding carboxylic acids is 1. The third-order valence-electron chi connectivity index (χ3n) is 4.99. The average molecular weight is 282 g/mol. The summed E-state index contributed by atoms with van der Waals surface area (Å²) in [6.07, 6.45) is 12.0. The first-order valence-corrected chi connectivity index (χ1v) is 8.43. The van der Waals surface area contributed by atoms with Gasteiger partial charge >= 0.3 is 6.03 Å². The molecule has 0 atom stereocenters. The molecule has 0 heterocycles. The minimum Gasteiger partial charge on any atom is -0.396 e. The Morgan fingerprint density at radius 1 is 1.00 bits per heavy atom. The van der Waals surface area contributed by atoms with Crippen molar-refractivity contribution in [2.24, 2.45) is 11.8 Å². The Kier molecular flexibility index (Phi) is 6.64. The van der Waals surface area contributed by atoms with E-state index >= 15 is 0 Å². The van der Waals surface area contributed by atoms with Gasteiger partial charge in [0.05, 0.1) is 0 Å². The zero-order valence-electron chi connectivity index (χ0n) is 12.6. The van der Waals surface area contributed by atoms with E-state index in [1.807, 2.05) is 0 Å². The first-order valence-electron chi connectivity index (χ1n) is 8.43. The molecule has 0 spiro atoms. The van der Waals surface area contributed by atoms with Gasteiger partial charge in [0.25, 0.3) is 0 Å². The Balaban J connectivity index is 1.49. The lowest BCUT2D eigenvalue weighted by molar-refractivity contribution is 0.174. The van der Waals surface area contributed by atoms with Crippen LogP contribution >= 0.6 is 0 Å². The van der Waals surface area contributed by atoms with Crippen molar-refractivity contribution in [3.8, 4) is 0 Å². The van der Waals surface area contributed by atoms with Crippen LogP contribution in [-0.2, 0) is 0 Å². The first-order chi connectivity index (χ1) is 9.78. The largest absolute Gasteiger partial charge is 0.396 e. The van der Waals surface area contributed by atoms with Gasteiger partial charge in [-0.15, -0.1) is 0 Å². The molecular weight excluding hydrogens is 252 g/mol. The summed E-state index contributed by atoms with van der Waals surface area (Å²) in [6, 6.07) is 0.288. The lowest BCUT2D eigenvalue weighted by atomic mass is 9.87. The first kappa shape index (κ1) is 15.6. The van der Waals surface area contributed by atoms with Crippen molar-refractivity contribution in [2.45, 2.75) is 70.3 Å². The maximum absolute atomic E-state index is 11.8. The van der Waals surface area contributed by atoms with Crippen molar-refractivity contribution in [1.29, 1.82) is 0 Å². The molecule has 0 aliphatic heterocycles. The van der Waals surface area contributed by atoms with Crippen molar-refractivity contribution < 1.29 is 9.90 Å². The van der Waals surface area contributed by atoms with Gasteiger partial charge < -0.3 is 15.7 Å². The summed E-state index contributed by atoms with van der Waals surface area (Å²) >= 11 is 0. The van der Waals surface area contributed by atoms with Crippen LogP contribution in [0.3, 0.4) is 0 Å². The second-order valence-corrected chi connectivity index (χ2v) is 6.59. The monoisotopic (exact) mass is 282 g/mol. The van der Waals surface area contributed by atoms with Crippen molar-refractivity contribution in [3.63, 3.8) is 0 Å². The van der Waals surface area contributed by atoms with Gasteiger partial charge in [-0.05, 0) is 50.4 Å². The standard InChI is InChI=1S/C16H30N2O2/c19-12-14-7-9-15(10-8-14)18-16(20)17-11-3-6-13-4-1-2-5-13/h13-15,19H,1-12H2,(H2,17,18,20). The van der Waals surface area contributed by atoms with Gasteiger partial charge in [0.15, 0.2) is 0 Å². The van der Waals surface area contributed by atoms with E-state index in [1.54, 1.807) is 0 Å². The highest BCUT2D eigenvalue weighted by atomic mass is 16.3. The molecule has 20 heavy (non-hydrogen) atoms. The number of nitrogens with one attached hydrogen (secondary N) is 2. The van der Waals surface area contributed by atoms with Gasteiger partial charge in [0.2, 0.25) is 0 Å². The van der Waals surface area contributed by atoms with Crippen LogP contribution in [0, 0.1) is 11.8 Å². The summed E-state index contributed by atoms with van der Waals surface area (Å²) in [5, 5.41) is 15.1. The molecule has 116 valence electrons. The maximum atomic E-state index is 11.8. The zero-order chi connectivity index (χ0) is 14.2. The van der Waals surface area contributed by atoms with Crippen LogP contribution in [0.4, 0.5) is 4.79 Å². The molecule has 0 saturated heterocycles. The number of urea groups is 1. The van der Waals surface area contributed by atoms with E-state index in [4.69, 9.17) is 5.11 Å². The van der Waals surface area contributed by atoms with Gasteiger partial charge in [-0.25, -0.2) is 4.79 Å². The minimum absolute atomic E-state index is 0.0103. The zero-order valence-corrected chi connectivity index (χ0v) is 12.6. The van der Waals surface area contributed by atoms with Crippen LogP contribution in [0.5, 0.6) is 0 Å². The Morgan fingerprint density at radius 2 is 1.70 bits per heavy atom. The van der Waals surface area contributed by atoms with Gasteiger partial charge in [-0.3, -0.25) is 0 Å². The molecule has 3 N–H and O–H groups in total. The summed E-state index contributed by atoms with van der Waals surface area (Å²) in [5.74, 6) is 1.36. The molecule has 2 fully saturated rings. The van der Waals surface area contributed by atoms with Gasteiger partial charge in [0, 0.05) is 19.2 Å². The van der Waals surface area contributed by atoms with Gasteiger partial charge in [-0.1, -0.05) is 25.7 Å². The van der Waals surface area contributed by atoms with Crippen molar-refractivity contribution in [1.82, 2.24) is 10.6 Å². The molecule has 2 saturated carbocycles. The smallest absolute Gasteiger partial charge is 0.315 e. The summed E-state index contributed by atoms with van der Waals surface area (Å²) in [5.41, 5.74) is 0. The fourth-order valence-electron chi connectivity index (χ4n) is 3.62. The van der Waals surface area contributed by atoms with Crippen LogP contribution in [0.15, 0.2) is 0 Å². The fraction of sp³-hybridized carbons (Fsp3) is 0.938. The molecule has 0 unspecified atom stereocenters. The Morgan fingerprint density at radius 3 is 2.35 bits per heavy atom. The van der Waals surface area contributed by atoms with E-state index in [1.165, 1.54) is 32.1 Å². The molecule has 0 bridgehead atoms.